The summed E-state index contributed by atoms with van der Waals surface area (Å²) in [6, 6.07) is 3.11. The van der Waals surface area contributed by atoms with Crippen LogP contribution < -0.4 is 10.5 Å². The van der Waals surface area contributed by atoms with Crippen LogP contribution in [-0.2, 0) is 4.79 Å². The van der Waals surface area contributed by atoms with Gasteiger partial charge in [-0.2, -0.15) is 0 Å². The van der Waals surface area contributed by atoms with Crippen LogP contribution in [-0.4, -0.2) is 18.2 Å². The van der Waals surface area contributed by atoms with Crippen molar-refractivity contribution in [2.75, 3.05) is 7.11 Å². The lowest BCUT2D eigenvalue weighted by Crippen LogP contribution is -2.32. The Labute approximate surface area is 106 Å². The monoisotopic (exact) mass is 255 g/mol. The quantitative estimate of drug-likeness (QED) is 0.846. The van der Waals surface area contributed by atoms with Crippen molar-refractivity contribution in [1.82, 2.24) is 0 Å². The summed E-state index contributed by atoms with van der Waals surface area (Å²) in [7, 11) is 1.44. The zero-order chi connectivity index (χ0) is 13.9. The number of carboxylic acids is 1. The van der Waals surface area contributed by atoms with E-state index in [-0.39, 0.29) is 5.92 Å². The van der Waals surface area contributed by atoms with Crippen molar-refractivity contribution in [3.63, 3.8) is 0 Å². The molecule has 0 spiro atoms. The highest BCUT2D eigenvalue weighted by atomic mass is 19.1. The van der Waals surface area contributed by atoms with Crippen molar-refractivity contribution in [3.05, 3.63) is 29.6 Å². The Hall–Kier alpha value is -1.62. The zero-order valence-corrected chi connectivity index (χ0v) is 10.7. The number of carboxylic acid groups (broad SMARTS) is 1. The lowest BCUT2D eigenvalue weighted by Gasteiger charge is -2.25. The van der Waals surface area contributed by atoms with Gasteiger partial charge in [0.05, 0.1) is 13.0 Å². The normalized spacial score (nSPS) is 14.3. The summed E-state index contributed by atoms with van der Waals surface area (Å²) in [5, 5.41) is 9.19. The molecular formula is C13H18FNO3. The van der Waals surface area contributed by atoms with Crippen LogP contribution in [0.25, 0.3) is 0 Å². The molecule has 0 radical (unpaired) electrons. The minimum atomic E-state index is -0.996. The van der Waals surface area contributed by atoms with Crippen LogP contribution in [0.5, 0.6) is 5.75 Å². The van der Waals surface area contributed by atoms with Gasteiger partial charge in [0.1, 0.15) is 11.6 Å². The molecule has 100 valence electrons. The first kappa shape index (κ1) is 14.4. The fourth-order valence-electron chi connectivity index (χ4n) is 2.01. The fourth-order valence-corrected chi connectivity index (χ4v) is 2.01. The summed E-state index contributed by atoms with van der Waals surface area (Å²) < 4.78 is 18.3. The highest BCUT2D eigenvalue weighted by Gasteiger charge is 2.31. The van der Waals surface area contributed by atoms with Gasteiger partial charge in [-0.1, -0.05) is 13.8 Å². The number of ether oxygens (including phenoxy) is 1. The molecule has 0 saturated carbocycles. The van der Waals surface area contributed by atoms with E-state index < -0.39 is 23.7 Å². The van der Waals surface area contributed by atoms with E-state index in [1.54, 1.807) is 13.8 Å². The average Bonchev–Trinajstić information content (AvgIpc) is 2.27. The summed E-state index contributed by atoms with van der Waals surface area (Å²) in [5.41, 5.74) is 6.33. The van der Waals surface area contributed by atoms with Gasteiger partial charge in [-0.3, -0.25) is 4.79 Å². The van der Waals surface area contributed by atoms with E-state index in [4.69, 9.17) is 10.5 Å². The molecule has 1 aromatic carbocycles. The molecule has 4 nitrogen and oxygen atoms in total. The fraction of sp³-hybridized carbons (Fsp3) is 0.462. The molecule has 0 aliphatic carbocycles. The third kappa shape index (κ3) is 2.98. The van der Waals surface area contributed by atoms with Crippen LogP contribution in [0.1, 0.15) is 25.5 Å². The van der Waals surface area contributed by atoms with Gasteiger partial charge in [-0.25, -0.2) is 4.39 Å². The molecular weight excluding hydrogens is 237 g/mol. The van der Waals surface area contributed by atoms with Crippen LogP contribution in [0.3, 0.4) is 0 Å². The Bertz CT molecular complexity index is 434. The molecule has 0 bridgehead atoms. The van der Waals surface area contributed by atoms with Gasteiger partial charge >= 0.3 is 5.97 Å². The Morgan fingerprint density at radius 1 is 1.44 bits per heavy atom. The molecule has 0 aromatic heterocycles. The number of rotatable bonds is 5. The van der Waals surface area contributed by atoms with Crippen LogP contribution in [0.2, 0.25) is 0 Å². The number of benzene rings is 1. The second kappa shape index (κ2) is 5.82. The Balaban J connectivity index is 3.19. The minimum Gasteiger partial charge on any atom is -0.496 e. The first-order chi connectivity index (χ1) is 8.38. The number of halogens is 1. The number of nitrogens with two attached hydrogens (primary N) is 1. The van der Waals surface area contributed by atoms with E-state index >= 15 is 0 Å². The van der Waals surface area contributed by atoms with E-state index in [9.17, 15) is 14.3 Å². The first-order valence-electron chi connectivity index (χ1n) is 5.70. The molecule has 0 fully saturated rings. The maximum atomic E-state index is 13.3. The standard InChI is InChI=1S/C13H18FNO3/c1-7(2)11(13(16)17)12(15)9-6-8(14)4-5-10(9)18-3/h4-7,11-12H,15H2,1-3H3,(H,16,17). The maximum absolute atomic E-state index is 13.3. The number of methoxy groups -OCH3 is 1. The lowest BCUT2D eigenvalue weighted by atomic mass is 9.85. The smallest absolute Gasteiger partial charge is 0.308 e. The molecule has 3 N–H and O–H groups in total. The Morgan fingerprint density at radius 2 is 2.06 bits per heavy atom. The van der Waals surface area contributed by atoms with Crippen molar-refractivity contribution in [1.29, 1.82) is 0 Å². The Kier molecular flexibility index (Phi) is 4.67. The molecule has 1 aromatic rings. The molecule has 0 aliphatic rings. The van der Waals surface area contributed by atoms with E-state index in [1.165, 1.54) is 25.3 Å². The highest BCUT2D eigenvalue weighted by Crippen LogP contribution is 2.32. The topological polar surface area (TPSA) is 72.5 Å². The molecule has 0 aliphatic heterocycles. The van der Waals surface area contributed by atoms with Crippen LogP contribution >= 0.6 is 0 Å². The van der Waals surface area contributed by atoms with Gasteiger partial charge < -0.3 is 15.6 Å². The molecule has 2 atom stereocenters. The van der Waals surface area contributed by atoms with Crippen molar-refractivity contribution < 1.29 is 19.0 Å². The van der Waals surface area contributed by atoms with Crippen LogP contribution in [0, 0.1) is 17.7 Å². The summed E-state index contributed by atoms with van der Waals surface area (Å²) >= 11 is 0. The van der Waals surface area contributed by atoms with Gasteiger partial charge in [0.25, 0.3) is 0 Å². The highest BCUT2D eigenvalue weighted by molar-refractivity contribution is 5.71. The Morgan fingerprint density at radius 3 is 2.50 bits per heavy atom. The summed E-state index contributed by atoms with van der Waals surface area (Å²) in [4.78, 5) is 11.2. The number of aliphatic carboxylic acids is 1. The first-order valence-corrected chi connectivity index (χ1v) is 5.70. The second-order valence-corrected chi connectivity index (χ2v) is 4.52. The second-order valence-electron chi connectivity index (χ2n) is 4.52. The minimum absolute atomic E-state index is 0.162. The maximum Gasteiger partial charge on any atom is 0.308 e. The van der Waals surface area contributed by atoms with Gasteiger partial charge in [0.15, 0.2) is 0 Å². The summed E-state index contributed by atoms with van der Waals surface area (Å²) in [6.45, 7) is 3.54. The molecule has 5 heteroatoms. The number of hydrogen-bond acceptors (Lipinski definition) is 3. The van der Waals surface area contributed by atoms with Crippen LogP contribution in [0.15, 0.2) is 18.2 Å². The lowest BCUT2D eigenvalue weighted by molar-refractivity contribution is -0.144. The third-order valence-corrected chi connectivity index (χ3v) is 2.94. The van der Waals surface area contributed by atoms with Crippen molar-refractivity contribution in [2.45, 2.75) is 19.9 Å². The average molecular weight is 255 g/mol. The SMILES string of the molecule is COc1ccc(F)cc1C(N)C(C(=O)O)C(C)C. The summed E-state index contributed by atoms with van der Waals surface area (Å²) in [6.07, 6.45) is 0. The van der Waals surface area contributed by atoms with Gasteiger partial charge in [-0.15, -0.1) is 0 Å². The van der Waals surface area contributed by atoms with E-state index in [2.05, 4.69) is 0 Å². The molecule has 2 unspecified atom stereocenters. The third-order valence-electron chi connectivity index (χ3n) is 2.94. The van der Waals surface area contributed by atoms with E-state index in [1.807, 2.05) is 0 Å². The number of carbonyl (C=O) groups is 1. The molecule has 18 heavy (non-hydrogen) atoms. The molecule has 0 heterocycles. The predicted octanol–water partition coefficient (Wildman–Crippen LogP) is 2.19. The van der Waals surface area contributed by atoms with Crippen molar-refractivity contribution in [2.24, 2.45) is 17.6 Å². The van der Waals surface area contributed by atoms with Crippen molar-refractivity contribution >= 4 is 5.97 Å². The van der Waals surface area contributed by atoms with E-state index in [0.717, 1.165) is 0 Å². The van der Waals surface area contributed by atoms with Crippen molar-refractivity contribution in [3.8, 4) is 5.75 Å². The van der Waals surface area contributed by atoms with E-state index in [0.29, 0.717) is 11.3 Å². The molecule has 1 rings (SSSR count). The number of hydrogen-bond donors (Lipinski definition) is 2. The predicted molar refractivity (Wildman–Crippen MR) is 65.8 cm³/mol. The molecule has 0 saturated heterocycles. The molecule has 0 amide bonds. The summed E-state index contributed by atoms with van der Waals surface area (Å²) in [5.74, 6) is -2.01. The van der Waals surface area contributed by atoms with Gasteiger partial charge in [-0.05, 0) is 24.1 Å². The largest absolute Gasteiger partial charge is 0.496 e. The van der Waals surface area contributed by atoms with Gasteiger partial charge in [0.2, 0.25) is 0 Å². The van der Waals surface area contributed by atoms with Crippen LogP contribution in [0.4, 0.5) is 4.39 Å². The zero-order valence-electron chi connectivity index (χ0n) is 10.7. The van der Waals surface area contributed by atoms with Gasteiger partial charge in [0, 0.05) is 11.6 Å².